The first kappa shape index (κ1) is 19.6. The van der Waals surface area contributed by atoms with Crippen LogP contribution in [0.15, 0.2) is 66.7 Å². The summed E-state index contributed by atoms with van der Waals surface area (Å²) in [6, 6.07) is 19.7. The number of hydrogen-bond donors (Lipinski definition) is 2. The number of thiazole rings is 1. The molecule has 0 atom stereocenters. The Morgan fingerprint density at radius 2 is 1.50 bits per heavy atom. The highest BCUT2D eigenvalue weighted by molar-refractivity contribution is 7.22. The number of rotatable bonds is 5. The SMILES string of the molecule is COc1ccc(C(=O)Nc2ccc3sc(NC(=O)c4ccc(C)cc4)nc3c2)cc1. The Hall–Kier alpha value is -3.71. The monoisotopic (exact) mass is 417 g/mol. The third kappa shape index (κ3) is 4.31. The minimum absolute atomic E-state index is 0.206. The number of fused-ring (bicyclic) bond motifs is 1. The smallest absolute Gasteiger partial charge is 0.257 e. The van der Waals surface area contributed by atoms with Crippen molar-refractivity contribution in [1.29, 1.82) is 0 Å². The van der Waals surface area contributed by atoms with Crippen LogP contribution in [-0.2, 0) is 0 Å². The van der Waals surface area contributed by atoms with Gasteiger partial charge in [-0.2, -0.15) is 0 Å². The van der Waals surface area contributed by atoms with Crippen molar-refractivity contribution in [1.82, 2.24) is 4.98 Å². The molecule has 0 unspecified atom stereocenters. The van der Waals surface area contributed by atoms with Crippen LogP contribution in [0.5, 0.6) is 5.75 Å². The topological polar surface area (TPSA) is 80.3 Å². The number of benzene rings is 3. The molecule has 7 heteroatoms. The van der Waals surface area contributed by atoms with Crippen LogP contribution >= 0.6 is 11.3 Å². The van der Waals surface area contributed by atoms with Gasteiger partial charge in [-0.3, -0.25) is 14.9 Å². The molecule has 0 bridgehead atoms. The lowest BCUT2D eigenvalue weighted by Gasteiger charge is -2.06. The number of nitrogens with one attached hydrogen (secondary N) is 2. The zero-order valence-electron chi connectivity index (χ0n) is 16.4. The van der Waals surface area contributed by atoms with E-state index in [1.54, 1.807) is 49.6 Å². The molecule has 0 radical (unpaired) electrons. The van der Waals surface area contributed by atoms with Gasteiger partial charge in [0.05, 0.1) is 17.3 Å². The number of hydrogen-bond acceptors (Lipinski definition) is 5. The Morgan fingerprint density at radius 1 is 0.867 bits per heavy atom. The van der Waals surface area contributed by atoms with E-state index in [2.05, 4.69) is 15.6 Å². The Balaban J connectivity index is 1.48. The normalized spacial score (nSPS) is 10.6. The summed E-state index contributed by atoms with van der Waals surface area (Å²) >= 11 is 1.38. The number of aromatic nitrogens is 1. The lowest BCUT2D eigenvalue weighted by atomic mass is 10.1. The predicted molar refractivity (Wildman–Crippen MR) is 120 cm³/mol. The molecular formula is C23H19N3O3S. The number of nitrogens with zero attached hydrogens (tertiary/aromatic N) is 1. The van der Waals surface area contributed by atoms with Crippen molar-refractivity contribution < 1.29 is 14.3 Å². The number of carbonyl (C=O) groups excluding carboxylic acids is 2. The summed E-state index contributed by atoms with van der Waals surface area (Å²) in [5, 5.41) is 6.21. The molecule has 6 nitrogen and oxygen atoms in total. The van der Waals surface area contributed by atoms with Crippen LogP contribution in [0.4, 0.5) is 10.8 Å². The summed E-state index contributed by atoms with van der Waals surface area (Å²) < 4.78 is 6.02. The summed E-state index contributed by atoms with van der Waals surface area (Å²) in [4.78, 5) is 29.3. The molecule has 4 rings (SSSR count). The standard InChI is InChI=1S/C23H19N3O3S/c1-14-3-5-15(6-4-14)22(28)26-23-25-19-13-17(9-12-20(19)30-23)24-21(27)16-7-10-18(29-2)11-8-16/h3-13H,1-2H3,(H,24,27)(H,25,26,28). The Morgan fingerprint density at radius 3 is 2.17 bits per heavy atom. The number of aryl methyl sites for hydroxylation is 1. The highest BCUT2D eigenvalue weighted by Gasteiger charge is 2.12. The maximum atomic E-state index is 12.5. The minimum Gasteiger partial charge on any atom is -0.497 e. The molecule has 0 saturated heterocycles. The van der Waals surface area contributed by atoms with Crippen molar-refractivity contribution in [2.75, 3.05) is 17.7 Å². The highest BCUT2D eigenvalue weighted by atomic mass is 32.1. The van der Waals surface area contributed by atoms with Crippen LogP contribution in [0.2, 0.25) is 0 Å². The molecule has 150 valence electrons. The molecule has 1 heterocycles. The molecule has 1 aromatic heterocycles. The lowest BCUT2D eigenvalue weighted by Crippen LogP contribution is -2.11. The molecule has 4 aromatic rings. The van der Waals surface area contributed by atoms with Gasteiger partial charge in [-0.1, -0.05) is 29.0 Å². The number of amides is 2. The highest BCUT2D eigenvalue weighted by Crippen LogP contribution is 2.28. The maximum Gasteiger partial charge on any atom is 0.257 e. The lowest BCUT2D eigenvalue weighted by molar-refractivity contribution is 0.101. The molecule has 0 saturated carbocycles. The van der Waals surface area contributed by atoms with Crippen LogP contribution in [-0.4, -0.2) is 23.9 Å². The van der Waals surface area contributed by atoms with Gasteiger partial charge in [0.25, 0.3) is 11.8 Å². The third-order valence-electron chi connectivity index (χ3n) is 4.53. The molecule has 2 N–H and O–H groups in total. The van der Waals surface area contributed by atoms with E-state index in [0.29, 0.717) is 33.2 Å². The van der Waals surface area contributed by atoms with E-state index in [4.69, 9.17) is 4.74 Å². The van der Waals surface area contributed by atoms with E-state index in [1.165, 1.54) is 11.3 Å². The second-order valence-corrected chi connectivity index (χ2v) is 7.73. The van der Waals surface area contributed by atoms with E-state index >= 15 is 0 Å². The van der Waals surface area contributed by atoms with Crippen molar-refractivity contribution >= 4 is 44.2 Å². The van der Waals surface area contributed by atoms with Gasteiger partial charge in [0.2, 0.25) is 0 Å². The Labute approximate surface area is 177 Å². The van der Waals surface area contributed by atoms with Gasteiger partial charge in [-0.15, -0.1) is 0 Å². The van der Waals surface area contributed by atoms with Crippen LogP contribution in [0.1, 0.15) is 26.3 Å². The third-order valence-corrected chi connectivity index (χ3v) is 5.48. The Kier molecular flexibility index (Phi) is 5.45. The number of methoxy groups -OCH3 is 1. The Bertz CT molecular complexity index is 1210. The maximum absolute atomic E-state index is 12.5. The molecular weight excluding hydrogens is 398 g/mol. The average molecular weight is 417 g/mol. The summed E-state index contributed by atoms with van der Waals surface area (Å²) in [5.74, 6) is 0.262. The van der Waals surface area contributed by atoms with Crippen molar-refractivity contribution in [3.05, 3.63) is 83.4 Å². The summed E-state index contributed by atoms with van der Waals surface area (Å²) in [5.41, 5.74) is 3.53. The van der Waals surface area contributed by atoms with E-state index < -0.39 is 0 Å². The average Bonchev–Trinajstić information content (AvgIpc) is 3.15. The second kappa shape index (κ2) is 8.34. The fourth-order valence-electron chi connectivity index (χ4n) is 2.88. The predicted octanol–water partition coefficient (Wildman–Crippen LogP) is 5.12. The summed E-state index contributed by atoms with van der Waals surface area (Å²) in [6.07, 6.45) is 0. The number of carbonyl (C=O) groups is 2. The molecule has 0 fully saturated rings. The van der Waals surface area contributed by atoms with Crippen LogP contribution in [0.25, 0.3) is 10.2 Å². The van der Waals surface area contributed by atoms with Crippen molar-refractivity contribution in [2.45, 2.75) is 6.92 Å². The van der Waals surface area contributed by atoms with Crippen LogP contribution in [0, 0.1) is 6.92 Å². The molecule has 2 amide bonds. The molecule has 30 heavy (non-hydrogen) atoms. The van der Waals surface area contributed by atoms with Gasteiger partial charge in [-0.05, 0) is 61.5 Å². The van der Waals surface area contributed by atoms with Crippen LogP contribution in [0.3, 0.4) is 0 Å². The van der Waals surface area contributed by atoms with Crippen molar-refractivity contribution in [3.63, 3.8) is 0 Å². The van der Waals surface area contributed by atoms with Gasteiger partial charge in [0.15, 0.2) is 5.13 Å². The molecule has 0 aliphatic rings. The number of ether oxygens (including phenoxy) is 1. The van der Waals surface area contributed by atoms with Gasteiger partial charge < -0.3 is 10.1 Å². The van der Waals surface area contributed by atoms with Gasteiger partial charge in [0.1, 0.15) is 5.75 Å². The van der Waals surface area contributed by atoms with Crippen molar-refractivity contribution in [3.8, 4) is 5.75 Å². The minimum atomic E-state index is -0.222. The van der Waals surface area contributed by atoms with Gasteiger partial charge in [-0.25, -0.2) is 4.98 Å². The van der Waals surface area contributed by atoms with E-state index in [1.807, 2.05) is 31.2 Å². The van der Waals surface area contributed by atoms with Crippen molar-refractivity contribution in [2.24, 2.45) is 0 Å². The first-order valence-electron chi connectivity index (χ1n) is 9.26. The van der Waals surface area contributed by atoms with Crippen LogP contribution < -0.4 is 15.4 Å². The molecule has 0 aliphatic carbocycles. The molecule has 0 spiro atoms. The first-order chi connectivity index (χ1) is 14.5. The van der Waals surface area contributed by atoms with Gasteiger partial charge >= 0.3 is 0 Å². The summed E-state index contributed by atoms with van der Waals surface area (Å²) in [6.45, 7) is 1.97. The molecule has 0 aliphatic heterocycles. The fraction of sp³-hybridized carbons (Fsp3) is 0.0870. The second-order valence-electron chi connectivity index (χ2n) is 6.70. The largest absolute Gasteiger partial charge is 0.497 e. The fourth-order valence-corrected chi connectivity index (χ4v) is 3.72. The van der Waals surface area contributed by atoms with Gasteiger partial charge in [0, 0.05) is 16.8 Å². The van der Waals surface area contributed by atoms with E-state index in [0.717, 1.165) is 10.3 Å². The van der Waals surface area contributed by atoms with E-state index in [-0.39, 0.29) is 11.8 Å². The quantitative estimate of drug-likeness (QED) is 0.472. The van der Waals surface area contributed by atoms with E-state index in [9.17, 15) is 9.59 Å². The summed E-state index contributed by atoms with van der Waals surface area (Å²) in [7, 11) is 1.58. The number of anilines is 2. The zero-order chi connectivity index (χ0) is 21.1. The zero-order valence-corrected chi connectivity index (χ0v) is 17.2. The molecule has 3 aromatic carbocycles. The first-order valence-corrected chi connectivity index (χ1v) is 10.1.